The van der Waals surface area contributed by atoms with Gasteiger partial charge in [-0.1, -0.05) is 11.8 Å². The van der Waals surface area contributed by atoms with Crippen LogP contribution in [-0.2, 0) is 0 Å². The lowest BCUT2D eigenvalue weighted by Crippen LogP contribution is -2.41. The number of thioether (sulfide) groups is 2. The van der Waals surface area contributed by atoms with Crippen LogP contribution in [0.4, 0.5) is 0 Å². The number of allylic oxidation sites excluding steroid dienone is 1. The molecule has 0 spiro atoms. The highest BCUT2D eigenvalue weighted by Crippen LogP contribution is 2.30. The maximum Gasteiger partial charge on any atom is 0.185 e. The second-order valence-electron chi connectivity index (χ2n) is 2.78. The van der Waals surface area contributed by atoms with Crippen molar-refractivity contribution in [3.63, 3.8) is 0 Å². The minimum absolute atomic E-state index is 0.977. The molecule has 0 amide bonds. The Morgan fingerprint density at radius 1 is 1.27 bits per heavy atom. The zero-order valence-electron chi connectivity index (χ0n) is 8.72. The Bertz CT molecular complexity index is 350. The van der Waals surface area contributed by atoms with Gasteiger partial charge in [-0.3, -0.25) is 0 Å². The van der Waals surface area contributed by atoms with Crippen molar-refractivity contribution in [3.05, 3.63) is 23.0 Å². The van der Waals surface area contributed by atoms with Gasteiger partial charge in [0.2, 0.25) is 0 Å². The molecular weight excluding hydrogens is 248 g/mol. The van der Waals surface area contributed by atoms with Crippen LogP contribution in [0.15, 0.2) is 28.0 Å². The number of hydrogen-bond donors (Lipinski definition) is 1. The van der Waals surface area contributed by atoms with Gasteiger partial charge in [0.15, 0.2) is 5.17 Å². The van der Waals surface area contributed by atoms with Gasteiger partial charge in [-0.15, -0.1) is 17.3 Å². The van der Waals surface area contributed by atoms with Crippen LogP contribution in [0.1, 0.15) is 0 Å². The lowest BCUT2D eigenvalue weighted by atomic mass is 10.4. The summed E-state index contributed by atoms with van der Waals surface area (Å²) in [6, 6.07) is 0. The molecule has 2 rings (SSSR count). The van der Waals surface area contributed by atoms with E-state index in [1.807, 2.05) is 28.2 Å². The lowest BCUT2D eigenvalue weighted by Gasteiger charge is -2.25. The van der Waals surface area contributed by atoms with Crippen molar-refractivity contribution in [2.75, 3.05) is 18.8 Å². The number of amidine groups is 1. The van der Waals surface area contributed by atoms with Gasteiger partial charge >= 0.3 is 0 Å². The van der Waals surface area contributed by atoms with E-state index >= 15 is 0 Å². The molecule has 2 heterocycles. The Morgan fingerprint density at radius 2 is 2.07 bits per heavy atom. The normalized spacial score (nSPS) is 19.8. The van der Waals surface area contributed by atoms with Gasteiger partial charge in [-0.25, -0.2) is 14.4 Å². The summed E-state index contributed by atoms with van der Waals surface area (Å²) in [6.07, 6.45) is 10.2. The Kier molecular flexibility index (Phi) is 3.55. The number of nitrogens with zero attached hydrogens (tertiary/aromatic N) is 3. The van der Waals surface area contributed by atoms with Crippen molar-refractivity contribution >= 4 is 40.6 Å². The smallest absolute Gasteiger partial charge is 0.185 e. The second kappa shape index (κ2) is 4.73. The van der Waals surface area contributed by atoms with Gasteiger partial charge in [0.05, 0.1) is 11.9 Å². The first-order chi connectivity index (χ1) is 7.28. The molecule has 15 heavy (non-hydrogen) atoms. The quantitative estimate of drug-likeness (QED) is 0.765. The molecule has 0 radical (unpaired) electrons. The third-order valence-corrected chi connectivity index (χ3v) is 3.81. The number of rotatable bonds is 2. The molecule has 0 aromatic carbocycles. The average molecular weight is 260 g/mol. The summed E-state index contributed by atoms with van der Waals surface area (Å²) >= 11 is 4.92. The van der Waals surface area contributed by atoms with E-state index in [1.165, 1.54) is 0 Å². The van der Waals surface area contributed by atoms with Crippen LogP contribution in [0, 0.1) is 0 Å². The molecule has 0 aromatic rings. The van der Waals surface area contributed by atoms with E-state index in [9.17, 15) is 0 Å². The molecule has 0 fully saturated rings. The van der Waals surface area contributed by atoms with E-state index in [4.69, 9.17) is 0 Å². The summed E-state index contributed by atoms with van der Waals surface area (Å²) < 4.78 is 1.96. The topological polar surface area (TPSA) is 30.9 Å². The van der Waals surface area contributed by atoms with Crippen molar-refractivity contribution in [2.45, 2.75) is 0 Å². The molecule has 0 saturated heterocycles. The number of hydrogen-bond acceptors (Lipinski definition) is 7. The maximum absolute atomic E-state index is 4.52. The summed E-state index contributed by atoms with van der Waals surface area (Å²) in [7, 11) is 0. The highest BCUT2D eigenvalue weighted by molar-refractivity contribution is 8.13. The summed E-state index contributed by atoms with van der Waals surface area (Å²) in [4.78, 5) is 4.52. The SMILES string of the molecule is CSC1=CC2=CN(SC)NN2C(SC)=N1. The average Bonchev–Trinajstić information content (AvgIpc) is 2.70. The molecule has 1 N–H and O–H groups in total. The summed E-state index contributed by atoms with van der Waals surface area (Å²) in [5, 5.41) is 4.01. The lowest BCUT2D eigenvalue weighted by molar-refractivity contribution is 0.305. The van der Waals surface area contributed by atoms with E-state index < -0.39 is 0 Å². The van der Waals surface area contributed by atoms with Gasteiger partial charge in [0.25, 0.3) is 0 Å². The van der Waals surface area contributed by atoms with Crippen LogP contribution in [0.5, 0.6) is 0 Å². The van der Waals surface area contributed by atoms with Crippen LogP contribution in [0.2, 0.25) is 0 Å². The Balaban J connectivity index is 2.28. The largest absolute Gasteiger partial charge is 0.238 e. The van der Waals surface area contributed by atoms with Crippen molar-refractivity contribution in [1.29, 1.82) is 0 Å². The third-order valence-electron chi connectivity index (χ3n) is 1.96. The van der Waals surface area contributed by atoms with Crippen molar-refractivity contribution in [3.8, 4) is 0 Å². The van der Waals surface area contributed by atoms with Gasteiger partial charge in [-0.2, -0.15) is 0 Å². The first kappa shape index (κ1) is 11.3. The molecule has 0 aliphatic carbocycles. The van der Waals surface area contributed by atoms with Crippen molar-refractivity contribution in [1.82, 2.24) is 15.0 Å². The Labute approximate surface area is 102 Å². The van der Waals surface area contributed by atoms with Crippen LogP contribution < -0.4 is 5.53 Å². The molecule has 0 atom stereocenters. The number of fused-ring (bicyclic) bond motifs is 1. The molecule has 0 unspecified atom stereocenters. The first-order valence-electron chi connectivity index (χ1n) is 4.28. The predicted octanol–water partition coefficient (Wildman–Crippen LogP) is 2.08. The van der Waals surface area contributed by atoms with E-state index in [-0.39, 0.29) is 0 Å². The Hall–Kier alpha value is -0.240. The monoisotopic (exact) mass is 260 g/mol. The molecule has 2 aliphatic heterocycles. The summed E-state index contributed by atoms with van der Waals surface area (Å²) in [6.45, 7) is 0. The molecule has 0 aromatic heterocycles. The van der Waals surface area contributed by atoms with Gasteiger partial charge in [0.1, 0.15) is 5.03 Å². The number of aliphatic imine (C=N–C) groups is 1. The third kappa shape index (κ3) is 2.15. The fourth-order valence-electron chi connectivity index (χ4n) is 1.26. The zero-order valence-corrected chi connectivity index (χ0v) is 11.2. The molecular formula is C8H12N4S3. The highest BCUT2D eigenvalue weighted by atomic mass is 32.2. The predicted molar refractivity (Wildman–Crippen MR) is 71.0 cm³/mol. The fraction of sp³-hybridized carbons (Fsp3) is 0.375. The fourth-order valence-corrected chi connectivity index (χ4v) is 2.63. The standard InChI is InChI=1S/C8H12N4S3/c1-13-7-4-6-5-11(15-3)10-12(6)8(9-7)14-2/h4-5,10H,1-3H3. The summed E-state index contributed by atoms with van der Waals surface area (Å²) in [5.74, 6) is 0. The van der Waals surface area contributed by atoms with E-state index in [1.54, 1.807) is 35.5 Å². The minimum Gasteiger partial charge on any atom is -0.238 e. The van der Waals surface area contributed by atoms with Crippen LogP contribution in [0.3, 0.4) is 0 Å². The second-order valence-corrected chi connectivity index (χ2v) is 5.14. The minimum atomic E-state index is 0.977. The summed E-state index contributed by atoms with van der Waals surface area (Å²) in [5.41, 5.74) is 4.35. The molecule has 0 bridgehead atoms. The van der Waals surface area contributed by atoms with Gasteiger partial charge < -0.3 is 0 Å². The van der Waals surface area contributed by atoms with Crippen LogP contribution in [-0.4, -0.2) is 33.4 Å². The van der Waals surface area contributed by atoms with Gasteiger partial charge in [0, 0.05) is 6.26 Å². The van der Waals surface area contributed by atoms with E-state index in [0.717, 1.165) is 15.9 Å². The molecule has 0 saturated carbocycles. The molecule has 7 heteroatoms. The van der Waals surface area contributed by atoms with Gasteiger partial charge in [-0.05, 0) is 30.5 Å². The highest BCUT2D eigenvalue weighted by Gasteiger charge is 2.26. The number of nitrogens with one attached hydrogen (secondary N) is 1. The maximum atomic E-state index is 4.52. The van der Waals surface area contributed by atoms with E-state index in [2.05, 4.69) is 22.8 Å². The van der Waals surface area contributed by atoms with Crippen LogP contribution in [0.25, 0.3) is 0 Å². The number of hydrazine groups is 2. The van der Waals surface area contributed by atoms with Crippen molar-refractivity contribution in [2.24, 2.45) is 4.99 Å². The van der Waals surface area contributed by atoms with Crippen molar-refractivity contribution < 1.29 is 0 Å². The molecule has 4 nitrogen and oxygen atoms in total. The zero-order chi connectivity index (χ0) is 10.8. The first-order valence-corrected chi connectivity index (χ1v) is 7.91. The molecule has 2 aliphatic rings. The Morgan fingerprint density at radius 3 is 2.67 bits per heavy atom. The van der Waals surface area contributed by atoms with Crippen LogP contribution >= 0.6 is 35.5 Å². The van der Waals surface area contributed by atoms with E-state index in [0.29, 0.717) is 0 Å². The molecule has 82 valence electrons.